The smallest absolute Gasteiger partial charge is 0.190 e. The zero-order valence-corrected chi connectivity index (χ0v) is 25.7. The summed E-state index contributed by atoms with van der Waals surface area (Å²) in [6, 6.07) is 19.6. The van der Waals surface area contributed by atoms with Gasteiger partial charge in [-0.25, -0.2) is 0 Å². The van der Waals surface area contributed by atoms with Crippen LogP contribution in [0.2, 0.25) is 0 Å². The third-order valence-corrected chi connectivity index (χ3v) is 8.56. The molecule has 4 heterocycles. The minimum Gasteiger partial charge on any atom is -0.190 e. The molecule has 7 aromatic rings. The normalized spacial score (nSPS) is 11.5. The van der Waals surface area contributed by atoms with Crippen LogP contribution in [-0.4, -0.2) is 19.9 Å². The van der Waals surface area contributed by atoms with Gasteiger partial charge in [0.15, 0.2) is 0 Å². The molecule has 0 N–H and O–H groups in total. The van der Waals surface area contributed by atoms with Crippen molar-refractivity contribution in [2.45, 2.75) is 25.7 Å². The van der Waals surface area contributed by atoms with Crippen LogP contribution < -0.4 is 0 Å². The molecule has 0 saturated carbocycles. The summed E-state index contributed by atoms with van der Waals surface area (Å²) in [4.78, 5) is 13.2. The Hall–Kier alpha value is -5.78. The van der Waals surface area contributed by atoms with Gasteiger partial charge in [-0.2, -0.15) is 55.1 Å². The van der Waals surface area contributed by atoms with Crippen LogP contribution in [0.5, 0.6) is 0 Å². The molecule has 0 radical (unpaired) electrons. The molecule has 0 atom stereocenters. The molecule has 4 aromatic heterocycles. The van der Waals surface area contributed by atoms with Crippen molar-refractivity contribution in [3.05, 3.63) is 177 Å². The molecule has 4 nitrogen and oxygen atoms in total. The van der Waals surface area contributed by atoms with Crippen molar-refractivity contribution in [2.75, 3.05) is 0 Å². The van der Waals surface area contributed by atoms with E-state index in [1.165, 1.54) is 24.3 Å². The van der Waals surface area contributed by atoms with Crippen molar-refractivity contribution in [1.82, 2.24) is 19.9 Å². The van der Waals surface area contributed by atoms with Crippen LogP contribution in [-0.2, 0) is 25.7 Å². The summed E-state index contributed by atoms with van der Waals surface area (Å²) < 4.78 is 114. The summed E-state index contributed by atoms with van der Waals surface area (Å²) >= 11 is 0. The van der Waals surface area contributed by atoms with E-state index in [2.05, 4.69) is 19.9 Å². The maximum Gasteiger partial charge on any atom is 0.219 e. The molecule has 0 fully saturated rings. The number of hydrogen-bond acceptors (Lipinski definition) is 4. The van der Waals surface area contributed by atoms with Gasteiger partial charge in [-0.05, 0) is 92.3 Å². The van der Waals surface area contributed by atoms with Crippen LogP contribution in [0, 0.1) is 47.6 Å². The van der Waals surface area contributed by atoms with Crippen molar-refractivity contribution in [2.24, 2.45) is 0 Å². The Labute approximate surface area is 279 Å². The Balaban J connectivity index is 1.47. The van der Waals surface area contributed by atoms with Crippen LogP contribution in [0.25, 0.3) is 21.5 Å². The number of rotatable bonds is 8. The molecule has 0 saturated heterocycles. The van der Waals surface area contributed by atoms with Gasteiger partial charge in [0.1, 0.15) is 0 Å². The standard InChI is InChI=1S/C38H22F8N4/c39-31-9-3-21(35(43)47-31)13-19-1-7-25-27(15-19)30(18-24-6-12-34(42)50-38(24)46)26-8-2-20(14-22-4-10-32(40)48-36(22)44)16-28(26)29(25)17-23-5-11-33(41)49-37(23)45/h1-12,15-16H,13-14,17-18H2. The topological polar surface area (TPSA) is 51.6 Å². The summed E-state index contributed by atoms with van der Waals surface area (Å²) in [6.07, 6.45) is -0.128. The highest BCUT2D eigenvalue weighted by atomic mass is 19.2. The second kappa shape index (κ2) is 13.3. The molecule has 0 bridgehead atoms. The fourth-order valence-corrected chi connectivity index (χ4v) is 6.21. The van der Waals surface area contributed by atoms with Crippen LogP contribution >= 0.6 is 0 Å². The molecule has 0 amide bonds. The second-order valence-electron chi connectivity index (χ2n) is 11.8. The van der Waals surface area contributed by atoms with Crippen molar-refractivity contribution in [3.63, 3.8) is 0 Å². The van der Waals surface area contributed by atoms with Gasteiger partial charge in [0.25, 0.3) is 0 Å². The van der Waals surface area contributed by atoms with Crippen molar-refractivity contribution in [3.8, 4) is 0 Å². The van der Waals surface area contributed by atoms with E-state index in [1.54, 1.807) is 36.4 Å². The van der Waals surface area contributed by atoms with Gasteiger partial charge in [0.05, 0.1) is 0 Å². The molecule has 3 aromatic carbocycles. The quantitative estimate of drug-likeness (QED) is 0.0910. The van der Waals surface area contributed by atoms with E-state index < -0.39 is 47.6 Å². The maximum absolute atomic E-state index is 15.0. The van der Waals surface area contributed by atoms with Crippen molar-refractivity contribution >= 4 is 21.5 Å². The van der Waals surface area contributed by atoms with E-state index >= 15 is 8.78 Å². The molecule has 7 rings (SSSR count). The Morgan fingerprint density at radius 1 is 0.320 bits per heavy atom. The second-order valence-corrected chi connectivity index (χ2v) is 11.8. The van der Waals surface area contributed by atoms with Gasteiger partial charge in [-0.1, -0.05) is 36.4 Å². The Morgan fingerprint density at radius 3 is 0.920 bits per heavy atom. The van der Waals surface area contributed by atoms with Gasteiger partial charge in [-0.3, -0.25) is 0 Å². The number of hydrogen-bond donors (Lipinski definition) is 0. The van der Waals surface area contributed by atoms with Gasteiger partial charge in [0, 0.05) is 47.9 Å². The Morgan fingerprint density at radius 2 is 0.620 bits per heavy atom. The molecule has 0 aliphatic rings. The molecular formula is C38H22F8N4. The van der Waals surface area contributed by atoms with Crippen LogP contribution in [0.3, 0.4) is 0 Å². The van der Waals surface area contributed by atoms with Gasteiger partial charge in [0.2, 0.25) is 47.6 Å². The molecule has 50 heavy (non-hydrogen) atoms. The molecule has 0 spiro atoms. The summed E-state index contributed by atoms with van der Waals surface area (Å²) in [5, 5.41) is 2.25. The molecule has 250 valence electrons. The summed E-state index contributed by atoms with van der Waals surface area (Å²) in [7, 11) is 0. The first kappa shape index (κ1) is 32.8. The number of benzene rings is 3. The third kappa shape index (κ3) is 6.60. The zero-order valence-electron chi connectivity index (χ0n) is 25.7. The van der Waals surface area contributed by atoms with Gasteiger partial charge in [-0.15, -0.1) is 0 Å². The summed E-state index contributed by atoms with van der Waals surface area (Å²) in [5.41, 5.74) is 2.66. The first-order chi connectivity index (χ1) is 24.0. The zero-order chi connectivity index (χ0) is 35.1. The highest BCUT2D eigenvalue weighted by Crippen LogP contribution is 2.38. The van der Waals surface area contributed by atoms with E-state index in [0.29, 0.717) is 43.8 Å². The van der Waals surface area contributed by atoms with Crippen LogP contribution in [0.15, 0.2) is 84.9 Å². The van der Waals surface area contributed by atoms with Gasteiger partial charge < -0.3 is 0 Å². The largest absolute Gasteiger partial charge is 0.219 e. The SMILES string of the molecule is Fc1ccc(Cc2ccc3c(Cc4ccc(F)nc4F)c4cc(Cc5ccc(F)nc5F)ccc4c(Cc4ccc(F)nc4F)c3c2)c(F)n1. The van der Waals surface area contributed by atoms with Crippen molar-refractivity contribution in [1.29, 1.82) is 0 Å². The third-order valence-electron chi connectivity index (χ3n) is 8.56. The molecule has 0 aliphatic carbocycles. The number of aromatic nitrogens is 4. The van der Waals surface area contributed by atoms with E-state index in [1.807, 2.05) is 0 Å². The minimum atomic E-state index is -1.03. The molecule has 0 unspecified atom stereocenters. The van der Waals surface area contributed by atoms with E-state index in [-0.39, 0.29) is 47.9 Å². The first-order valence-corrected chi connectivity index (χ1v) is 15.2. The monoisotopic (exact) mass is 686 g/mol. The lowest BCUT2D eigenvalue weighted by molar-refractivity contribution is 0.504. The highest BCUT2D eigenvalue weighted by molar-refractivity contribution is 6.06. The van der Waals surface area contributed by atoms with E-state index in [4.69, 9.17) is 0 Å². The maximum atomic E-state index is 15.0. The summed E-state index contributed by atoms with van der Waals surface area (Å²) in [5.74, 6) is -7.97. The number of nitrogens with zero attached hydrogens (tertiary/aromatic N) is 4. The molecule has 0 aliphatic heterocycles. The average Bonchev–Trinajstić information content (AvgIpc) is 3.07. The minimum absolute atomic E-state index is 0.0149. The highest BCUT2D eigenvalue weighted by Gasteiger charge is 2.20. The Bertz CT molecular complexity index is 2280. The fraction of sp³-hybridized carbons (Fsp3) is 0.105. The lowest BCUT2D eigenvalue weighted by Crippen LogP contribution is -2.05. The number of halogens is 8. The predicted octanol–water partition coefficient (Wildman–Crippen LogP) is 9.05. The Kier molecular flexibility index (Phi) is 8.69. The predicted molar refractivity (Wildman–Crippen MR) is 169 cm³/mol. The van der Waals surface area contributed by atoms with Gasteiger partial charge >= 0.3 is 0 Å². The van der Waals surface area contributed by atoms with E-state index in [0.717, 1.165) is 24.3 Å². The lowest BCUT2D eigenvalue weighted by Gasteiger charge is -2.19. The molecular weight excluding hydrogens is 664 g/mol. The average molecular weight is 687 g/mol. The van der Waals surface area contributed by atoms with Crippen molar-refractivity contribution < 1.29 is 35.1 Å². The summed E-state index contributed by atoms with van der Waals surface area (Å²) in [6.45, 7) is 0. The number of fused-ring (bicyclic) bond motifs is 2. The van der Waals surface area contributed by atoms with E-state index in [9.17, 15) is 26.3 Å². The lowest BCUT2D eigenvalue weighted by atomic mass is 9.85. The first-order valence-electron chi connectivity index (χ1n) is 15.2. The number of pyridine rings is 4. The van der Waals surface area contributed by atoms with Crippen LogP contribution in [0.1, 0.15) is 44.5 Å². The fourth-order valence-electron chi connectivity index (χ4n) is 6.21. The van der Waals surface area contributed by atoms with Crippen LogP contribution in [0.4, 0.5) is 35.1 Å². The molecule has 12 heteroatoms.